The van der Waals surface area contributed by atoms with Gasteiger partial charge in [-0.05, 0) is 57.9 Å². The number of para-hydroxylation sites is 1. The molecule has 0 spiro atoms. The molecule has 178 valence electrons. The molecule has 3 aromatic carbocycles. The van der Waals surface area contributed by atoms with Crippen molar-refractivity contribution in [2.75, 3.05) is 17.1 Å². The zero-order valence-corrected chi connectivity index (χ0v) is 19.8. The molecule has 11 heteroatoms. The van der Waals surface area contributed by atoms with Crippen molar-refractivity contribution in [3.63, 3.8) is 0 Å². The summed E-state index contributed by atoms with van der Waals surface area (Å²) in [6.07, 6.45) is -1.11. The number of non-ortho nitro benzene ring substituents is 1. The van der Waals surface area contributed by atoms with E-state index in [9.17, 15) is 24.8 Å². The normalized spacial score (nSPS) is 21.4. The number of benzene rings is 3. The first-order valence-corrected chi connectivity index (χ1v) is 11.3. The molecule has 0 radical (unpaired) electrons. The van der Waals surface area contributed by atoms with Crippen molar-refractivity contribution in [2.45, 2.75) is 12.1 Å². The van der Waals surface area contributed by atoms with Gasteiger partial charge in [-0.3, -0.25) is 24.5 Å². The molecule has 0 unspecified atom stereocenters. The summed E-state index contributed by atoms with van der Waals surface area (Å²) in [6.45, 7) is 0. The number of ether oxygens (including phenoxy) is 1. The quantitative estimate of drug-likeness (QED) is 0.291. The average Bonchev–Trinajstić information content (AvgIpc) is 3.37. The molecule has 0 bridgehead atoms. The molecule has 0 aromatic heterocycles. The number of halogens is 1. The Morgan fingerprint density at radius 3 is 2.34 bits per heavy atom. The number of nitro groups is 1. The fourth-order valence-electron chi connectivity index (χ4n) is 4.45. The number of carbonyl (C=O) groups is 2. The minimum atomic E-state index is -1.11. The minimum Gasteiger partial charge on any atom is -0.503 e. The number of rotatable bonds is 5. The molecule has 2 heterocycles. The van der Waals surface area contributed by atoms with Gasteiger partial charge in [-0.1, -0.05) is 18.2 Å². The molecule has 2 aliphatic rings. The van der Waals surface area contributed by atoms with Gasteiger partial charge in [-0.15, -0.1) is 0 Å². The first kappa shape index (κ1) is 22.8. The Bertz CT molecular complexity index is 1330. The number of phenolic OH excluding ortho intramolecular Hbond substituents is 1. The van der Waals surface area contributed by atoms with Crippen molar-refractivity contribution in [1.29, 1.82) is 0 Å². The lowest BCUT2D eigenvalue weighted by molar-refractivity contribution is -0.384. The molecule has 10 nitrogen and oxygen atoms in total. The van der Waals surface area contributed by atoms with Crippen LogP contribution in [0.5, 0.6) is 11.5 Å². The van der Waals surface area contributed by atoms with E-state index in [1.54, 1.807) is 24.3 Å². The van der Waals surface area contributed by atoms with Gasteiger partial charge < -0.3 is 9.84 Å². The molecule has 3 aromatic rings. The number of methoxy groups -OCH3 is 1. The summed E-state index contributed by atoms with van der Waals surface area (Å²) in [7, 11) is 1.41. The van der Waals surface area contributed by atoms with Gasteiger partial charge in [0.15, 0.2) is 17.6 Å². The van der Waals surface area contributed by atoms with Crippen LogP contribution in [0.25, 0.3) is 0 Å². The fourth-order valence-corrected chi connectivity index (χ4v) is 4.91. The van der Waals surface area contributed by atoms with Gasteiger partial charge in [0.2, 0.25) is 5.91 Å². The second-order valence-electron chi connectivity index (χ2n) is 8.00. The highest BCUT2D eigenvalue weighted by Gasteiger charge is 2.60. The van der Waals surface area contributed by atoms with Crippen LogP contribution in [0.4, 0.5) is 17.1 Å². The van der Waals surface area contributed by atoms with Crippen LogP contribution in [0.3, 0.4) is 0 Å². The summed E-state index contributed by atoms with van der Waals surface area (Å²) < 4.78 is 5.64. The van der Waals surface area contributed by atoms with Crippen LogP contribution >= 0.6 is 15.9 Å². The van der Waals surface area contributed by atoms with Gasteiger partial charge >= 0.3 is 0 Å². The lowest BCUT2D eigenvalue weighted by Crippen LogP contribution is -2.37. The fraction of sp³-hybridized carbons (Fsp3) is 0.167. The number of hydrogen-bond acceptors (Lipinski definition) is 8. The van der Waals surface area contributed by atoms with E-state index >= 15 is 0 Å². The lowest BCUT2D eigenvalue weighted by Gasteiger charge is -2.29. The number of nitrogens with zero attached hydrogens (tertiary/aromatic N) is 3. The number of aromatic hydroxyl groups is 1. The Morgan fingerprint density at radius 1 is 1.03 bits per heavy atom. The second-order valence-corrected chi connectivity index (χ2v) is 8.85. The molecule has 2 amide bonds. The zero-order chi connectivity index (χ0) is 24.9. The highest BCUT2D eigenvalue weighted by atomic mass is 79.9. The first-order valence-electron chi connectivity index (χ1n) is 10.5. The Kier molecular flexibility index (Phi) is 5.65. The Balaban J connectivity index is 1.59. The van der Waals surface area contributed by atoms with Gasteiger partial charge in [0.1, 0.15) is 5.92 Å². The predicted octanol–water partition coefficient (Wildman–Crippen LogP) is 4.12. The van der Waals surface area contributed by atoms with Crippen LogP contribution in [0.1, 0.15) is 11.6 Å². The summed E-state index contributed by atoms with van der Waals surface area (Å²) in [6, 6.07) is 16.8. The van der Waals surface area contributed by atoms with Gasteiger partial charge in [0.25, 0.3) is 11.6 Å². The third kappa shape index (κ3) is 3.69. The van der Waals surface area contributed by atoms with E-state index < -0.39 is 34.8 Å². The van der Waals surface area contributed by atoms with Crippen LogP contribution in [0.2, 0.25) is 0 Å². The number of amides is 2. The summed E-state index contributed by atoms with van der Waals surface area (Å²) in [5.41, 5.74) is 1.28. The van der Waals surface area contributed by atoms with Gasteiger partial charge in [0.05, 0.1) is 33.9 Å². The number of anilines is 2. The monoisotopic (exact) mass is 539 g/mol. The van der Waals surface area contributed by atoms with Gasteiger partial charge in [0, 0.05) is 12.1 Å². The van der Waals surface area contributed by atoms with E-state index in [0.29, 0.717) is 15.7 Å². The van der Waals surface area contributed by atoms with Crippen molar-refractivity contribution < 1.29 is 29.2 Å². The molecule has 35 heavy (non-hydrogen) atoms. The summed E-state index contributed by atoms with van der Waals surface area (Å²) in [4.78, 5) is 44.5. The summed E-state index contributed by atoms with van der Waals surface area (Å²) in [5.74, 6) is -1.89. The van der Waals surface area contributed by atoms with Gasteiger partial charge in [-0.25, -0.2) is 9.96 Å². The molecular formula is C24H18BrN3O7. The molecule has 0 saturated carbocycles. The van der Waals surface area contributed by atoms with Crippen molar-refractivity contribution in [3.05, 3.63) is 86.9 Å². The zero-order valence-electron chi connectivity index (χ0n) is 18.2. The number of hydroxylamine groups is 1. The van der Waals surface area contributed by atoms with E-state index in [0.717, 1.165) is 4.90 Å². The predicted molar refractivity (Wildman–Crippen MR) is 128 cm³/mol. The molecule has 1 N–H and O–H groups in total. The highest BCUT2D eigenvalue weighted by molar-refractivity contribution is 9.10. The smallest absolute Gasteiger partial charge is 0.269 e. The Labute approximate surface area is 207 Å². The first-order chi connectivity index (χ1) is 16.8. The molecule has 3 atom stereocenters. The number of fused-ring (bicyclic) bond motifs is 1. The van der Waals surface area contributed by atoms with Crippen molar-refractivity contribution in [3.8, 4) is 11.5 Å². The SMILES string of the molecule is COc1cc([C@H]2[C@@H]3C(=O)N(c4ccc([N+](=O)[O-])cc4)C(=O)[C@@H]3ON2c2ccccc2)cc(Br)c1O. The van der Waals surface area contributed by atoms with E-state index in [4.69, 9.17) is 9.57 Å². The standard InChI is InChI=1S/C24H18BrN3O7/c1-34-18-12-13(11-17(25)21(18)29)20-19-22(35-27(20)15-5-3-2-4-6-15)24(31)26(23(19)30)14-7-9-16(10-8-14)28(32)33/h2-12,19-20,22,29H,1H3/t19-,20-,22+/m0/s1. The van der Waals surface area contributed by atoms with Crippen LogP contribution in [-0.2, 0) is 14.4 Å². The Morgan fingerprint density at radius 2 is 1.71 bits per heavy atom. The van der Waals surface area contributed by atoms with Crippen LogP contribution < -0.4 is 14.7 Å². The largest absolute Gasteiger partial charge is 0.503 e. The van der Waals surface area contributed by atoms with Crippen LogP contribution in [-0.4, -0.2) is 35.1 Å². The van der Waals surface area contributed by atoms with E-state index in [2.05, 4.69) is 15.9 Å². The van der Waals surface area contributed by atoms with Crippen molar-refractivity contribution in [1.82, 2.24) is 0 Å². The van der Waals surface area contributed by atoms with E-state index in [1.807, 2.05) is 18.2 Å². The average molecular weight is 540 g/mol. The second kappa shape index (κ2) is 8.67. The third-order valence-corrected chi connectivity index (χ3v) is 6.66. The lowest BCUT2D eigenvalue weighted by atomic mass is 9.90. The third-order valence-electron chi connectivity index (χ3n) is 6.06. The van der Waals surface area contributed by atoms with Crippen LogP contribution in [0.15, 0.2) is 71.2 Å². The maximum Gasteiger partial charge on any atom is 0.269 e. The molecule has 2 saturated heterocycles. The molecular weight excluding hydrogens is 522 g/mol. The number of hydrogen-bond donors (Lipinski definition) is 1. The van der Waals surface area contributed by atoms with Crippen LogP contribution in [0, 0.1) is 16.0 Å². The molecule has 2 fully saturated rings. The topological polar surface area (TPSA) is 122 Å². The molecule has 0 aliphatic carbocycles. The summed E-state index contributed by atoms with van der Waals surface area (Å²) in [5, 5.41) is 22.8. The van der Waals surface area contributed by atoms with E-state index in [-0.39, 0.29) is 22.9 Å². The van der Waals surface area contributed by atoms with Crippen molar-refractivity contribution in [2.24, 2.45) is 5.92 Å². The number of phenols is 1. The molecule has 5 rings (SSSR count). The minimum absolute atomic E-state index is 0.0979. The van der Waals surface area contributed by atoms with Crippen molar-refractivity contribution >= 4 is 44.8 Å². The van der Waals surface area contributed by atoms with Gasteiger partial charge in [-0.2, -0.15) is 0 Å². The maximum atomic E-state index is 13.7. The molecule has 2 aliphatic heterocycles. The highest BCUT2D eigenvalue weighted by Crippen LogP contribution is 2.49. The number of nitro benzene ring substituents is 1. The number of imide groups is 1. The van der Waals surface area contributed by atoms with E-state index in [1.165, 1.54) is 36.4 Å². The maximum absolute atomic E-state index is 13.7. The number of carbonyl (C=O) groups excluding carboxylic acids is 2. The summed E-state index contributed by atoms with van der Waals surface area (Å²) >= 11 is 3.32. The Hall–Kier alpha value is -3.96.